The normalized spacial score (nSPS) is 12.0. The molecule has 3 nitrogen and oxygen atoms in total. The van der Waals surface area contributed by atoms with Crippen LogP contribution < -0.4 is 5.73 Å². The topological polar surface area (TPSA) is 48.0 Å². The zero-order valence-corrected chi connectivity index (χ0v) is 15.3. The number of rotatable bonds is 3. The Kier molecular flexibility index (Phi) is 4.33. The predicted octanol–water partition coefficient (Wildman–Crippen LogP) is 5.41. The second-order valence-electron chi connectivity index (χ2n) is 6.95. The molecule has 1 heterocycles. The van der Waals surface area contributed by atoms with Crippen LogP contribution in [0.4, 0.5) is 17.6 Å². The van der Waals surface area contributed by atoms with Crippen LogP contribution in [0.5, 0.6) is 0 Å². The molecule has 0 unspecified atom stereocenters. The minimum atomic E-state index is -4.78. The molecule has 148 valence electrons. The Morgan fingerprint density at radius 1 is 1.03 bits per heavy atom. The van der Waals surface area contributed by atoms with Crippen molar-refractivity contribution in [2.75, 3.05) is 0 Å². The summed E-state index contributed by atoms with van der Waals surface area (Å²) in [7, 11) is 0. The average Bonchev–Trinajstić information content (AvgIpc) is 2.95. The SMILES string of the molecule is Cc1ccc2c3c(C(N)=O)cccc3n(Cc3cccc(C(F)(F)F)c3F)c2c1. The highest BCUT2D eigenvalue weighted by molar-refractivity contribution is 6.17. The van der Waals surface area contributed by atoms with Crippen molar-refractivity contribution in [2.24, 2.45) is 5.73 Å². The zero-order chi connectivity index (χ0) is 20.9. The van der Waals surface area contributed by atoms with E-state index in [1.54, 1.807) is 22.8 Å². The van der Waals surface area contributed by atoms with E-state index in [-0.39, 0.29) is 12.1 Å². The van der Waals surface area contributed by atoms with Crippen LogP contribution in [0, 0.1) is 12.7 Å². The van der Waals surface area contributed by atoms with Crippen molar-refractivity contribution < 1.29 is 22.4 Å². The summed E-state index contributed by atoms with van der Waals surface area (Å²) in [6.07, 6.45) is -4.78. The van der Waals surface area contributed by atoms with Gasteiger partial charge in [-0.05, 0) is 36.8 Å². The maximum absolute atomic E-state index is 14.6. The maximum Gasteiger partial charge on any atom is 0.419 e. The van der Waals surface area contributed by atoms with Crippen molar-refractivity contribution in [1.82, 2.24) is 4.57 Å². The average molecular weight is 400 g/mol. The molecule has 0 bridgehead atoms. The summed E-state index contributed by atoms with van der Waals surface area (Å²) in [6, 6.07) is 13.8. The highest BCUT2D eigenvalue weighted by Crippen LogP contribution is 2.35. The number of aryl methyl sites for hydroxylation is 1. The largest absolute Gasteiger partial charge is 0.419 e. The fraction of sp³-hybridized carbons (Fsp3) is 0.136. The van der Waals surface area contributed by atoms with Crippen LogP contribution in [-0.2, 0) is 12.7 Å². The number of hydrogen-bond acceptors (Lipinski definition) is 1. The van der Waals surface area contributed by atoms with Crippen LogP contribution in [0.1, 0.15) is 27.0 Å². The molecule has 7 heteroatoms. The van der Waals surface area contributed by atoms with Gasteiger partial charge in [-0.1, -0.05) is 30.3 Å². The van der Waals surface area contributed by atoms with Gasteiger partial charge in [-0.25, -0.2) is 4.39 Å². The van der Waals surface area contributed by atoms with Crippen LogP contribution in [0.2, 0.25) is 0 Å². The van der Waals surface area contributed by atoms with Crippen molar-refractivity contribution in [2.45, 2.75) is 19.6 Å². The molecule has 0 radical (unpaired) electrons. The van der Waals surface area contributed by atoms with Gasteiger partial charge in [0, 0.05) is 27.4 Å². The second-order valence-corrected chi connectivity index (χ2v) is 6.95. The number of nitrogens with zero attached hydrogens (tertiary/aromatic N) is 1. The number of primary amides is 1. The monoisotopic (exact) mass is 400 g/mol. The van der Waals surface area contributed by atoms with Crippen LogP contribution >= 0.6 is 0 Å². The number of halogens is 4. The molecule has 0 saturated carbocycles. The lowest BCUT2D eigenvalue weighted by molar-refractivity contribution is -0.140. The first-order valence-electron chi connectivity index (χ1n) is 8.84. The lowest BCUT2D eigenvalue weighted by Crippen LogP contribution is -2.12. The number of amides is 1. The Labute approximate surface area is 163 Å². The van der Waals surface area contributed by atoms with E-state index in [0.29, 0.717) is 22.0 Å². The highest BCUT2D eigenvalue weighted by atomic mass is 19.4. The first-order valence-corrected chi connectivity index (χ1v) is 8.84. The molecule has 1 aromatic heterocycles. The van der Waals surface area contributed by atoms with Gasteiger partial charge >= 0.3 is 6.18 Å². The smallest absolute Gasteiger partial charge is 0.366 e. The number of aromatic nitrogens is 1. The van der Waals surface area contributed by atoms with Crippen molar-refractivity contribution in [1.29, 1.82) is 0 Å². The number of benzene rings is 3. The van der Waals surface area contributed by atoms with E-state index in [4.69, 9.17) is 5.73 Å². The molecule has 2 N–H and O–H groups in total. The maximum atomic E-state index is 14.6. The quantitative estimate of drug-likeness (QED) is 0.460. The minimum Gasteiger partial charge on any atom is -0.366 e. The van der Waals surface area contributed by atoms with Gasteiger partial charge in [-0.3, -0.25) is 4.79 Å². The molecule has 0 spiro atoms. The number of nitrogens with two attached hydrogens (primary N) is 1. The summed E-state index contributed by atoms with van der Waals surface area (Å²) in [5.41, 5.74) is 6.64. The minimum absolute atomic E-state index is 0.0930. The van der Waals surface area contributed by atoms with Gasteiger partial charge < -0.3 is 10.3 Å². The molecule has 3 aromatic carbocycles. The molecule has 0 aliphatic heterocycles. The van der Waals surface area contributed by atoms with Gasteiger partial charge in [-0.15, -0.1) is 0 Å². The highest BCUT2D eigenvalue weighted by Gasteiger charge is 2.34. The number of fused-ring (bicyclic) bond motifs is 3. The summed E-state index contributed by atoms with van der Waals surface area (Å²) in [5.74, 6) is -1.91. The molecule has 0 fully saturated rings. The summed E-state index contributed by atoms with van der Waals surface area (Å²) in [5, 5.41) is 1.33. The third-order valence-corrected chi connectivity index (χ3v) is 5.02. The predicted molar refractivity (Wildman–Crippen MR) is 103 cm³/mol. The standard InChI is InChI=1S/C22H16F4N2O/c1-12-8-9-14-18(10-12)28(17-7-3-5-15(19(14)17)21(27)29)11-13-4-2-6-16(20(13)23)22(24,25)26/h2-10H,11H2,1H3,(H2,27,29). The Morgan fingerprint density at radius 3 is 2.45 bits per heavy atom. The Bertz CT molecular complexity index is 1270. The van der Waals surface area contributed by atoms with Gasteiger partial charge in [-0.2, -0.15) is 13.2 Å². The Morgan fingerprint density at radius 2 is 1.76 bits per heavy atom. The van der Waals surface area contributed by atoms with E-state index in [1.807, 2.05) is 25.1 Å². The van der Waals surface area contributed by atoms with Gasteiger partial charge in [0.2, 0.25) is 5.91 Å². The van der Waals surface area contributed by atoms with Crippen LogP contribution in [0.25, 0.3) is 21.8 Å². The lowest BCUT2D eigenvalue weighted by Gasteiger charge is -2.13. The molecule has 0 aliphatic rings. The summed E-state index contributed by atoms with van der Waals surface area (Å²) in [4.78, 5) is 11.9. The van der Waals surface area contributed by atoms with Gasteiger partial charge in [0.1, 0.15) is 5.82 Å². The van der Waals surface area contributed by atoms with E-state index < -0.39 is 23.5 Å². The molecule has 4 rings (SSSR count). The Balaban J connectivity index is 2.01. The van der Waals surface area contributed by atoms with Crippen molar-refractivity contribution >= 4 is 27.7 Å². The second kappa shape index (κ2) is 6.62. The molecule has 4 aromatic rings. The zero-order valence-electron chi connectivity index (χ0n) is 15.3. The van der Waals surface area contributed by atoms with Gasteiger partial charge in [0.25, 0.3) is 0 Å². The van der Waals surface area contributed by atoms with E-state index in [0.717, 1.165) is 17.0 Å². The molecular weight excluding hydrogens is 384 g/mol. The first kappa shape index (κ1) is 19.0. The third-order valence-electron chi connectivity index (χ3n) is 5.02. The summed E-state index contributed by atoms with van der Waals surface area (Å²) >= 11 is 0. The van der Waals surface area contributed by atoms with Gasteiger partial charge in [0.15, 0.2) is 0 Å². The molecule has 0 aliphatic carbocycles. The van der Waals surface area contributed by atoms with Crippen LogP contribution in [0.15, 0.2) is 54.6 Å². The first-order chi connectivity index (χ1) is 13.7. The van der Waals surface area contributed by atoms with Crippen molar-refractivity contribution in [3.63, 3.8) is 0 Å². The summed E-state index contributed by atoms with van der Waals surface area (Å²) < 4.78 is 55.7. The van der Waals surface area contributed by atoms with Crippen LogP contribution in [0.3, 0.4) is 0 Å². The van der Waals surface area contributed by atoms with Crippen molar-refractivity contribution in [3.05, 3.63) is 82.7 Å². The van der Waals surface area contributed by atoms with E-state index >= 15 is 0 Å². The van der Waals surface area contributed by atoms with Crippen molar-refractivity contribution in [3.8, 4) is 0 Å². The number of carbonyl (C=O) groups is 1. The number of alkyl halides is 3. The van der Waals surface area contributed by atoms with Gasteiger partial charge in [0.05, 0.1) is 17.6 Å². The number of hydrogen-bond donors (Lipinski definition) is 1. The lowest BCUT2D eigenvalue weighted by atomic mass is 10.1. The molecule has 29 heavy (non-hydrogen) atoms. The summed E-state index contributed by atoms with van der Waals surface area (Å²) in [6.45, 7) is 1.75. The van der Waals surface area contributed by atoms with E-state index in [1.165, 1.54) is 12.1 Å². The molecular formula is C22H16F4N2O. The fourth-order valence-corrected chi connectivity index (χ4v) is 3.72. The van der Waals surface area contributed by atoms with E-state index in [9.17, 15) is 22.4 Å². The molecule has 0 atom stereocenters. The third kappa shape index (κ3) is 3.12. The fourth-order valence-electron chi connectivity index (χ4n) is 3.72. The molecule has 0 saturated heterocycles. The Hall–Kier alpha value is -3.35. The van der Waals surface area contributed by atoms with Crippen LogP contribution in [-0.4, -0.2) is 10.5 Å². The van der Waals surface area contributed by atoms with E-state index in [2.05, 4.69) is 0 Å². The molecule has 1 amide bonds. The number of carbonyl (C=O) groups excluding carboxylic acids is 1.